The van der Waals surface area contributed by atoms with Gasteiger partial charge in [-0.05, 0) is 96.9 Å². The van der Waals surface area contributed by atoms with Gasteiger partial charge in [0.2, 0.25) is 0 Å². The Morgan fingerprint density at radius 2 is 1.81 bits per heavy atom. The van der Waals surface area contributed by atoms with Crippen LogP contribution in [0.15, 0.2) is 11.6 Å². The third-order valence-electron chi connectivity index (χ3n) is 11.0. The molecule has 0 saturated heterocycles. The number of carbonyl (C=O) groups is 1. The van der Waals surface area contributed by atoms with Crippen LogP contribution in [0.2, 0.25) is 0 Å². The van der Waals surface area contributed by atoms with Gasteiger partial charge < -0.3 is 0 Å². The number of carbonyl (C=O) groups excluding carboxylic acids is 1. The molecule has 31 heavy (non-hydrogen) atoms. The van der Waals surface area contributed by atoms with Crippen LogP contribution < -0.4 is 0 Å². The molecule has 0 amide bonds. The molecular formula is C30H50O. The first-order valence-corrected chi connectivity index (χ1v) is 13.9. The Morgan fingerprint density at radius 3 is 2.52 bits per heavy atom. The van der Waals surface area contributed by atoms with E-state index < -0.39 is 0 Å². The molecule has 7 unspecified atom stereocenters. The maximum absolute atomic E-state index is 12.3. The lowest BCUT2D eigenvalue weighted by Gasteiger charge is -2.61. The summed E-state index contributed by atoms with van der Waals surface area (Å²) in [4.78, 5) is 12.3. The third kappa shape index (κ3) is 4.10. The highest BCUT2D eigenvalue weighted by atomic mass is 16.1. The van der Waals surface area contributed by atoms with Crippen LogP contribution in [0.25, 0.3) is 0 Å². The van der Waals surface area contributed by atoms with Gasteiger partial charge in [0, 0.05) is 6.42 Å². The first kappa shape index (κ1) is 23.6. The summed E-state index contributed by atoms with van der Waals surface area (Å²) in [6.45, 7) is 15.0. The van der Waals surface area contributed by atoms with E-state index in [-0.39, 0.29) is 0 Å². The summed E-state index contributed by atoms with van der Waals surface area (Å²) in [7, 11) is 0. The molecule has 0 radical (unpaired) electrons. The zero-order valence-corrected chi connectivity index (χ0v) is 21.5. The second-order valence-corrected chi connectivity index (χ2v) is 13.1. The van der Waals surface area contributed by atoms with Crippen LogP contribution in [0.4, 0.5) is 0 Å². The van der Waals surface area contributed by atoms with E-state index in [1.54, 1.807) is 5.57 Å². The molecule has 0 aromatic carbocycles. The molecule has 1 nitrogen and oxygen atoms in total. The van der Waals surface area contributed by atoms with Crippen molar-refractivity contribution in [3.05, 3.63) is 11.6 Å². The van der Waals surface area contributed by atoms with Crippen molar-refractivity contribution in [3.8, 4) is 0 Å². The first-order valence-electron chi connectivity index (χ1n) is 13.9. The molecule has 176 valence electrons. The Kier molecular flexibility index (Phi) is 6.83. The van der Waals surface area contributed by atoms with Crippen LogP contribution >= 0.6 is 0 Å². The molecule has 0 aromatic heterocycles. The van der Waals surface area contributed by atoms with Gasteiger partial charge in [0.25, 0.3) is 0 Å². The molecule has 8 atom stereocenters. The van der Waals surface area contributed by atoms with Crippen molar-refractivity contribution >= 4 is 5.78 Å². The van der Waals surface area contributed by atoms with Crippen molar-refractivity contribution in [1.29, 1.82) is 0 Å². The highest BCUT2D eigenvalue weighted by molar-refractivity contribution is 5.91. The summed E-state index contributed by atoms with van der Waals surface area (Å²) < 4.78 is 0. The minimum atomic E-state index is 0.311. The summed E-state index contributed by atoms with van der Waals surface area (Å²) in [5, 5.41) is 0. The van der Waals surface area contributed by atoms with E-state index in [0.717, 1.165) is 54.3 Å². The van der Waals surface area contributed by atoms with E-state index in [2.05, 4.69) is 47.6 Å². The summed E-state index contributed by atoms with van der Waals surface area (Å²) >= 11 is 0. The number of hydrogen-bond acceptors (Lipinski definition) is 1. The van der Waals surface area contributed by atoms with E-state index in [9.17, 15) is 4.79 Å². The number of allylic oxidation sites excluding steroid dienone is 1. The first-order chi connectivity index (χ1) is 14.7. The van der Waals surface area contributed by atoms with Gasteiger partial charge in [-0.2, -0.15) is 0 Å². The van der Waals surface area contributed by atoms with Gasteiger partial charge in [0.1, 0.15) is 0 Å². The second kappa shape index (κ2) is 8.98. The maximum Gasteiger partial charge on any atom is 0.155 e. The molecule has 0 aromatic rings. The van der Waals surface area contributed by atoms with Crippen LogP contribution in [-0.4, -0.2) is 5.78 Å². The molecule has 0 aliphatic heterocycles. The number of hydrogen-bond donors (Lipinski definition) is 0. The molecule has 4 aliphatic rings. The Hall–Kier alpha value is -0.590. The van der Waals surface area contributed by atoms with Crippen LogP contribution in [0.5, 0.6) is 0 Å². The van der Waals surface area contributed by atoms with Gasteiger partial charge in [-0.1, -0.05) is 79.2 Å². The Labute approximate surface area is 193 Å². The van der Waals surface area contributed by atoms with Crippen molar-refractivity contribution in [2.75, 3.05) is 0 Å². The Bertz CT molecular complexity index is 689. The predicted octanol–water partition coefficient (Wildman–Crippen LogP) is 8.62. The number of rotatable bonds is 7. The fourth-order valence-electron chi connectivity index (χ4n) is 9.39. The molecule has 0 bridgehead atoms. The van der Waals surface area contributed by atoms with Crippen molar-refractivity contribution in [2.24, 2.45) is 52.3 Å². The Morgan fingerprint density at radius 1 is 1.03 bits per heavy atom. The van der Waals surface area contributed by atoms with E-state index in [0.29, 0.717) is 16.6 Å². The van der Waals surface area contributed by atoms with Crippen LogP contribution in [-0.2, 0) is 4.79 Å². The van der Waals surface area contributed by atoms with Gasteiger partial charge in [-0.3, -0.25) is 4.79 Å². The quantitative estimate of drug-likeness (QED) is 0.398. The van der Waals surface area contributed by atoms with Gasteiger partial charge in [-0.15, -0.1) is 0 Å². The fourth-order valence-corrected chi connectivity index (χ4v) is 9.39. The highest BCUT2D eigenvalue weighted by Crippen LogP contribution is 2.69. The van der Waals surface area contributed by atoms with E-state index in [4.69, 9.17) is 0 Å². The molecule has 1 heteroatoms. The van der Waals surface area contributed by atoms with Gasteiger partial charge >= 0.3 is 0 Å². The SMILES string of the molecule is CCCC1CC2=CC(=O)CC[C@]2(C)C2CCC3(C)C(C(C)CCCC(C)C)CCC3C12. The van der Waals surface area contributed by atoms with E-state index in [1.807, 2.05) is 0 Å². The smallest absolute Gasteiger partial charge is 0.155 e. The zero-order chi connectivity index (χ0) is 22.4. The predicted molar refractivity (Wildman–Crippen MR) is 132 cm³/mol. The lowest BCUT2D eigenvalue weighted by molar-refractivity contribution is -0.119. The van der Waals surface area contributed by atoms with Crippen LogP contribution in [0, 0.1) is 52.3 Å². The standard InChI is InChI=1S/C30H50O/c1-7-9-22-18-23-19-24(31)14-16-29(23,5)27-15-17-30(6)25(12-13-26(30)28(22)27)21(4)11-8-10-20(2)3/h19-22,25-28H,7-18H2,1-6H3/t21?,22?,25?,26?,27?,28?,29-,30?/m0/s1. The van der Waals surface area contributed by atoms with Crippen LogP contribution in [0.3, 0.4) is 0 Å². The van der Waals surface area contributed by atoms with Crippen molar-refractivity contribution in [3.63, 3.8) is 0 Å². The van der Waals surface area contributed by atoms with Crippen molar-refractivity contribution < 1.29 is 4.79 Å². The van der Waals surface area contributed by atoms with Crippen molar-refractivity contribution in [2.45, 2.75) is 119 Å². The topological polar surface area (TPSA) is 17.1 Å². The average Bonchev–Trinajstić information content (AvgIpc) is 3.06. The van der Waals surface area contributed by atoms with Crippen LogP contribution in [0.1, 0.15) is 119 Å². The monoisotopic (exact) mass is 426 g/mol. The summed E-state index contributed by atoms with van der Waals surface area (Å²) in [6.07, 6.45) is 17.9. The minimum Gasteiger partial charge on any atom is -0.295 e. The molecule has 3 fully saturated rings. The fraction of sp³-hybridized carbons (Fsp3) is 0.900. The highest BCUT2D eigenvalue weighted by Gasteiger charge is 2.61. The number of ketones is 1. The third-order valence-corrected chi connectivity index (χ3v) is 11.0. The van der Waals surface area contributed by atoms with Crippen molar-refractivity contribution in [1.82, 2.24) is 0 Å². The molecule has 0 spiro atoms. The van der Waals surface area contributed by atoms with Gasteiger partial charge in [-0.25, -0.2) is 0 Å². The van der Waals surface area contributed by atoms with E-state index in [1.165, 1.54) is 64.2 Å². The molecule has 4 aliphatic carbocycles. The van der Waals surface area contributed by atoms with Gasteiger partial charge in [0.15, 0.2) is 5.78 Å². The largest absolute Gasteiger partial charge is 0.295 e. The molecule has 0 N–H and O–H groups in total. The summed E-state index contributed by atoms with van der Waals surface area (Å²) in [5.74, 6) is 6.54. The maximum atomic E-state index is 12.3. The van der Waals surface area contributed by atoms with E-state index >= 15 is 0 Å². The molecule has 0 heterocycles. The molecular weight excluding hydrogens is 376 g/mol. The summed E-state index contributed by atoms with van der Waals surface area (Å²) in [5.41, 5.74) is 2.42. The zero-order valence-electron chi connectivity index (χ0n) is 21.5. The molecule has 3 saturated carbocycles. The minimum absolute atomic E-state index is 0.311. The molecule has 4 rings (SSSR count). The Balaban J connectivity index is 1.58. The summed E-state index contributed by atoms with van der Waals surface area (Å²) in [6, 6.07) is 0. The lowest BCUT2D eigenvalue weighted by Crippen LogP contribution is -2.54. The second-order valence-electron chi connectivity index (χ2n) is 13.1. The lowest BCUT2D eigenvalue weighted by atomic mass is 9.44. The van der Waals surface area contributed by atoms with Gasteiger partial charge in [0.05, 0.1) is 0 Å². The average molecular weight is 427 g/mol. The normalized spacial score (nSPS) is 43.3. The number of fused-ring (bicyclic) bond motifs is 5.